The van der Waals surface area contributed by atoms with Gasteiger partial charge in [-0.15, -0.1) is 11.3 Å². The molecular formula is C18H15ClO2S2. The third-order valence-electron chi connectivity index (χ3n) is 3.57. The van der Waals surface area contributed by atoms with Crippen molar-refractivity contribution in [2.75, 3.05) is 0 Å². The van der Waals surface area contributed by atoms with Crippen LogP contribution in [0.15, 0.2) is 71.6 Å². The van der Waals surface area contributed by atoms with Gasteiger partial charge in [0.2, 0.25) is 0 Å². The number of thiophene rings is 1. The van der Waals surface area contributed by atoms with Crippen molar-refractivity contribution in [1.29, 1.82) is 0 Å². The fourth-order valence-corrected chi connectivity index (χ4v) is 5.70. The van der Waals surface area contributed by atoms with E-state index in [0.29, 0.717) is 5.02 Å². The minimum absolute atomic E-state index is 0.279. The Hall–Kier alpha value is -1.62. The Morgan fingerprint density at radius 3 is 2.13 bits per heavy atom. The maximum atomic E-state index is 13.2. The zero-order valence-electron chi connectivity index (χ0n) is 12.4. The van der Waals surface area contributed by atoms with Gasteiger partial charge in [0.15, 0.2) is 9.84 Å². The predicted molar refractivity (Wildman–Crippen MR) is 96.0 cm³/mol. The van der Waals surface area contributed by atoms with Gasteiger partial charge in [0.1, 0.15) is 5.25 Å². The molecule has 0 aliphatic rings. The van der Waals surface area contributed by atoms with Crippen molar-refractivity contribution in [1.82, 2.24) is 0 Å². The molecule has 5 heteroatoms. The lowest BCUT2D eigenvalue weighted by atomic mass is 10.1. The van der Waals surface area contributed by atoms with Gasteiger partial charge in [0, 0.05) is 14.8 Å². The Morgan fingerprint density at radius 1 is 0.913 bits per heavy atom. The highest BCUT2D eigenvalue weighted by atomic mass is 35.5. The SMILES string of the molecule is Cc1ccc(C(c2ccccc2)S(=O)(=O)c2ccc(Cl)cc2)s1. The van der Waals surface area contributed by atoms with Crippen molar-refractivity contribution in [3.05, 3.63) is 87.1 Å². The van der Waals surface area contributed by atoms with Crippen LogP contribution in [0, 0.1) is 6.92 Å². The molecule has 0 saturated heterocycles. The summed E-state index contributed by atoms with van der Waals surface area (Å²) in [5, 5.41) is -0.184. The van der Waals surface area contributed by atoms with Crippen LogP contribution in [-0.2, 0) is 9.84 Å². The number of halogens is 1. The molecule has 1 heterocycles. The van der Waals surface area contributed by atoms with Crippen molar-refractivity contribution in [3.8, 4) is 0 Å². The fraction of sp³-hybridized carbons (Fsp3) is 0.111. The second kappa shape index (κ2) is 6.48. The lowest BCUT2D eigenvalue weighted by molar-refractivity contribution is 0.589. The first kappa shape index (κ1) is 16.2. The van der Waals surface area contributed by atoms with Gasteiger partial charge in [-0.2, -0.15) is 0 Å². The highest BCUT2D eigenvalue weighted by molar-refractivity contribution is 7.92. The molecule has 118 valence electrons. The Morgan fingerprint density at radius 2 is 1.57 bits per heavy atom. The average Bonchev–Trinajstić information content (AvgIpc) is 2.94. The minimum atomic E-state index is -3.56. The molecule has 2 nitrogen and oxygen atoms in total. The second-order valence-electron chi connectivity index (χ2n) is 5.24. The first-order chi connectivity index (χ1) is 11.0. The third-order valence-corrected chi connectivity index (χ3v) is 7.12. The number of hydrogen-bond acceptors (Lipinski definition) is 3. The Labute approximate surface area is 145 Å². The lowest BCUT2D eigenvalue weighted by Crippen LogP contribution is -2.14. The normalized spacial score (nSPS) is 13.0. The zero-order valence-corrected chi connectivity index (χ0v) is 14.8. The number of aryl methyl sites for hydroxylation is 1. The minimum Gasteiger partial charge on any atom is -0.223 e. The van der Waals surface area contributed by atoms with Gasteiger partial charge < -0.3 is 0 Å². The van der Waals surface area contributed by atoms with E-state index in [0.717, 1.165) is 15.3 Å². The molecule has 3 aromatic rings. The highest BCUT2D eigenvalue weighted by Crippen LogP contribution is 2.38. The van der Waals surface area contributed by atoms with Gasteiger partial charge >= 0.3 is 0 Å². The van der Waals surface area contributed by atoms with Crippen LogP contribution in [0.5, 0.6) is 0 Å². The summed E-state index contributed by atoms with van der Waals surface area (Å²) in [5.41, 5.74) is 0.768. The average molecular weight is 363 g/mol. The van der Waals surface area contributed by atoms with Gasteiger partial charge in [-0.25, -0.2) is 8.42 Å². The number of benzene rings is 2. The number of sulfone groups is 1. The van der Waals surface area contributed by atoms with Crippen molar-refractivity contribution in [2.24, 2.45) is 0 Å². The van der Waals surface area contributed by atoms with Crippen molar-refractivity contribution >= 4 is 32.8 Å². The summed E-state index contributed by atoms with van der Waals surface area (Å²) in [7, 11) is -3.56. The third kappa shape index (κ3) is 3.34. The van der Waals surface area contributed by atoms with E-state index >= 15 is 0 Å². The van der Waals surface area contributed by atoms with E-state index in [2.05, 4.69) is 0 Å². The van der Waals surface area contributed by atoms with Gasteiger partial charge in [-0.3, -0.25) is 0 Å². The van der Waals surface area contributed by atoms with E-state index in [1.54, 1.807) is 24.3 Å². The summed E-state index contributed by atoms with van der Waals surface area (Å²) in [4.78, 5) is 2.19. The zero-order chi connectivity index (χ0) is 16.4. The van der Waals surface area contributed by atoms with E-state index in [1.165, 1.54) is 11.3 Å². The summed E-state index contributed by atoms with van der Waals surface area (Å²) in [6.07, 6.45) is 0. The molecule has 0 spiro atoms. The van der Waals surface area contributed by atoms with Crippen LogP contribution < -0.4 is 0 Å². The van der Waals surface area contributed by atoms with E-state index < -0.39 is 15.1 Å². The first-order valence-electron chi connectivity index (χ1n) is 7.09. The molecule has 1 unspecified atom stereocenters. The molecule has 0 bridgehead atoms. The number of hydrogen-bond donors (Lipinski definition) is 0. The van der Waals surface area contributed by atoms with Crippen LogP contribution in [0.2, 0.25) is 5.02 Å². The maximum absolute atomic E-state index is 13.2. The molecule has 3 rings (SSSR count). The first-order valence-corrected chi connectivity index (χ1v) is 9.83. The Kier molecular flexibility index (Phi) is 4.57. The molecule has 1 atom stereocenters. The Balaban J connectivity index is 2.17. The molecule has 0 radical (unpaired) electrons. The predicted octanol–water partition coefficient (Wildman–Crippen LogP) is 5.27. The Bertz CT molecular complexity index is 898. The van der Waals surface area contributed by atoms with Crippen molar-refractivity contribution in [3.63, 3.8) is 0 Å². The molecule has 0 aliphatic heterocycles. The molecular weight excluding hydrogens is 348 g/mol. The van der Waals surface area contributed by atoms with E-state index in [-0.39, 0.29) is 4.90 Å². The topological polar surface area (TPSA) is 34.1 Å². The van der Waals surface area contributed by atoms with Crippen LogP contribution in [0.1, 0.15) is 20.6 Å². The molecule has 23 heavy (non-hydrogen) atoms. The molecule has 0 N–H and O–H groups in total. The van der Waals surface area contributed by atoms with Crippen molar-refractivity contribution < 1.29 is 8.42 Å². The summed E-state index contributed by atoms with van der Waals surface area (Å²) in [6.45, 7) is 1.98. The molecule has 0 saturated carbocycles. The van der Waals surface area contributed by atoms with Crippen LogP contribution in [0.3, 0.4) is 0 Å². The van der Waals surface area contributed by atoms with E-state index in [4.69, 9.17) is 11.6 Å². The fourth-order valence-electron chi connectivity index (χ4n) is 2.48. The molecule has 0 amide bonds. The molecule has 2 aromatic carbocycles. The van der Waals surface area contributed by atoms with Crippen LogP contribution >= 0.6 is 22.9 Å². The lowest BCUT2D eigenvalue weighted by Gasteiger charge is -2.17. The van der Waals surface area contributed by atoms with E-state index in [9.17, 15) is 8.42 Å². The second-order valence-corrected chi connectivity index (χ2v) is 9.03. The van der Waals surface area contributed by atoms with Crippen LogP contribution in [-0.4, -0.2) is 8.42 Å². The summed E-state index contributed by atoms with van der Waals surface area (Å²) in [5.74, 6) is 0. The van der Waals surface area contributed by atoms with Gasteiger partial charge in [0.05, 0.1) is 4.90 Å². The molecule has 0 fully saturated rings. The summed E-state index contributed by atoms with van der Waals surface area (Å²) >= 11 is 7.40. The molecule has 0 aliphatic carbocycles. The molecule has 1 aromatic heterocycles. The largest absolute Gasteiger partial charge is 0.223 e. The standard InChI is InChI=1S/C18H15ClO2S2/c1-13-7-12-17(22-13)18(14-5-3-2-4-6-14)23(20,21)16-10-8-15(19)9-11-16/h2-12,18H,1H3. The monoisotopic (exact) mass is 362 g/mol. The van der Waals surface area contributed by atoms with Crippen LogP contribution in [0.25, 0.3) is 0 Å². The van der Waals surface area contributed by atoms with Gasteiger partial charge in [-0.05, 0) is 48.9 Å². The summed E-state index contributed by atoms with van der Waals surface area (Å²) in [6, 6.07) is 19.5. The van der Waals surface area contributed by atoms with E-state index in [1.807, 2.05) is 49.4 Å². The summed E-state index contributed by atoms with van der Waals surface area (Å²) < 4.78 is 26.4. The quantitative estimate of drug-likeness (QED) is 0.633. The maximum Gasteiger partial charge on any atom is 0.190 e. The smallest absolute Gasteiger partial charge is 0.190 e. The van der Waals surface area contributed by atoms with Crippen molar-refractivity contribution in [2.45, 2.75) is 17.1 Å². The van der Waals surface area contributed by atoms with Gasteiger partial charge in [0.25, 0.3) is 0 Å². The van der Waals surface area contributed by atoms with Crippen LogP contribution in [0.4, 0.5) is 0 Å². The highest BCUT2D eigenvalue weighted by Gasteiger charge is 2.31. The number of rotatable bonds is 4. The van der Waals surface area contributed by atoms with Gasteiger partial charge in [-0.1, -0.05) is 41.9 Å².